The molecule has 0 saturated carbocycles. The van der Waals surface area contributed by atoms with Crippen LogP contribution in [0.3, 0.4) is 0 Å². The molecule has 3 rings (SSSR count). The van der Waals surface area contributed by atoms with E-state index in [-0.39, 0.29) is 17.6 Å². The van der Waals surface area contributed by atoms with Crippen molar-refractivity contribution in [1.29, 1.82) is 0 Å². The fourth-order valence-corrected chi connectivity index (χ4v) is 4.18. The fraction of sp³-hybridized carbons (Fsp3) is 0.375. The highest BCUT2D eigenvalue weighted by Gasteiger charge is 2.28. The summed E-state index contributed by atoms with van der Waals surface area (Å²) in [5, 5.41) is 6.11. The molecule has 0 aliphatic heterocycles. The van der Waals surface area contributed by atoms with E-state index in [2.05, 4.69) is 17.6 Å². The van der Waals surface area contributed by atoms with E-state index in [1.807, 2.05) is 0 Å². The van der Waals surface area contributed by atoms with Crippen molar-refractivity contribution >= 4 is 28.2 Å². The molecule has 2 heterocycles. The van der Waals surface area contributed by atoms with Crippen molar-refractivity contribution in [2.45, 2.75) is 26.2 Å². The molecule has 0 bridgehead atoms. The fourth-order valence-electron chi connectivity index (χ4n) is 2.78. The molecule has 0 saturated heterocycles. The van der Waals surface area contributed by atoms with Crippen molar-refractivity contribution in [2.75, 3.05) is 12.4 Å². The van der Waals surface area contributed by atoms with E-state index in [0.29, 0.717) is 16.5 Å². The van der Waals surface area contributed by atoms with Crippen molar-refractivity contribution in [1.82, 2.24) is 5.32 Å². The van der Waals surface area contributed by atoms with E-state index in [1.54, 1.807) is 19.2 Å². The molecule has 1 atom stereocenters. The first-order valence-electron chi connectivity index (χ1n) is 7.31. The van der Waals surface area contributed by atoms with Crippen LogP contribution in [0.5, 0.6) is 0 Å². The van der Waals surface area contributed by atoms with E-state index in [1.165, 1.54) is 22.5 Å². The average molecular weight is 318 g/mol. The lowest BCUT2D eigenvalue weighted by Gasteiger charge is -2.18. The highest BCUT2D eigenvalue weighted by Crippen LogP contribution is 2.39. The lowest BCUT2D eigenvalue weighted by atomic mass is 9.88. The Hall–Kier alpha value is -2.08. The number of anilines is 1. The summed E-state index contributed by atoms with van der Waals surface area (Å²) in [6.07, 6.45) is 4.36. The van der Waals surface area contributed by atoms with E-state index < -0.39 is 0 Å². The molecule has 0 radical (unpaired) electrons. The zero-order chi connectivity index (χ0) is 15.7. The Balaban J connectivity index is 1.96. The number of hydrogen-bond acceptors (Lipinski definition) is 4. The van der Waals surface area contributed by atoms with Crippen molar-refractivity contribution in [3.05, 3.63) is 40.2 Å². The third-order valence-electron chi connectivity index (χ3n) is 3.94. The molecule has 0 unspecified atom stereocenters. The second-order valence-corrected chi connectivity index (χ2v) is 6.67. The summed E-state index contributed by atoms with van der Waals surface area (Å²) in [6.45, 7) is 2.21. The molecular formula is C16H18N2O3S. The maximum absolute atomic E-state index is 12.2. The molecule has 2 aromatic heterocycles. The highest BCUT2D eigenvalue weighted by molar-refractivity contribution is 7.17. The minimum Gasteiger partial charge on any atom is -0.459 e. The van der Waals surface area contributed by atoms with Gasteiger partial charge in [0.05, 0.1) is 11.8 Å². The summed E-state index contributed by atoms with van der Waals surface area (Å²) < 4.78 is 5.11. The molecule has 2 N–H and O–H groups in total. The molecule has 0 fully saturated rings. The quantitative estimate of drug-likeness (QED) is 0.913. The van der Waals surface area contributed by atoms with E-state index >= 15 is 0 Å². The zero-order valence-electron chi connectivity index (χ0n) is 12.6. The van der Waals surface area contributed by atoms with Gasteiger partial charge in [-0.2, -0.15) is 0 Å². The second kappa shape index (κ2) is 5.96. The molecule has 5 nitrogen and oxygen atoms in total. The Morgan fingerprint density at radius 2 is 2.18 bits per heavy atom. The Morgan fingerprint density at radius 1 is 1.36 bits per heavy atom. The maximum Gasteiger partial charge on any atom is 0.291 e. The van der Waals surface area contributed by atoms with Crippen LogP contribution >= 0.6 is 11.3 Å². The molecular weight excluding hydrogens is 300 g/mol. The van der Waals surface area contributed by atoms with Crippen LogP contribution in [0, 0.1) is 5.92 Å². The normalized spacial score (nSPS) is 16.9. The van der Waals surface area contributed by atoms with Crippen LogP contribution in [-0.2, 0) is 12.8 Å². The Bertz CT molecular complexity index is 703. The van der Waals surface area contributed by atoms with Gasteiger partial charge in [-0.3, -0.25) is 9.59 Å². The topological polar surface area (TPSA) is 71.3 Å². The lowest BCUT2D eigenvalue weighted by Crippen LogP contribution is -2.22. The number of thiophene rings is 1. The van der Waals surface area contributed by atoms with Gasteiger partial charge in [-0.1, -0.05) is 6.92 Å². The predicted molar refractivity (Wildman–Crippen MR) is 85.6 cm³/mol. The second-order valence-electron chi connectivity index (χ2n) is 5.57. The van der Waals surface area contributed by atoms with Crippen LogP contribution in [0.25, 0.3) is 0 Å². The van der Waals surface area contributed by atoms with E-state index in [0.717, 1.165) is 24.8 Å². The largest absolute Gasteiger partial charge is 0.459 e. The number of carbonyl (C=O) groups excluding carboxylic acids is 2. The number of carbonyl (C=O) groups is 2. The third kappa shape index (κ3) is 2.66. The number of furan rings is 1. The minimum absolute atomic E-state index is 0.151. The molecule has 0 spiro atoms. The summed E-state index contributed by atoms with van der Waals surface area (Å²) in [5.41, 5.74) is 1.69. The number of nitrogens with one attached hydrogen (secondary N) is 2. The first-order chi connectivity index (χ1) is 10.6. The van der Waals surface area contributed by atoms with Gasteiger partial charge in [-0.25, -0.2) is 0 Å². The molecule has 116 valence electrons. The predicted octanol–water partition coefficient (Wildman–Crippen LogP) is 3.08. The van der Waals surface area contributed by atoms with Gasteiger partial charge in [0.1, 0.15) is 5.00 Å². The SMILES string of the molecule is CNC(=O)c1c(NC(=O)c2ccco2)sc2c1CC[C@@H](C)C2. The summed E-state index contributed by atoms with van der Waals surface area (Å²) >= 11 is 1.50. The molecule has 0 aromatic carbocycles. The average Bonchev–Trinajstić information content (AvgIpc) is 3.13. The standard InChI is InChI=1S/C16H18N2O3S/c1-9-5-6-10-12(8-9)22-16(13(10)15(20)17-2)18-14(19)11-4-3-7-21-11/h3-4,7,9H,5-6,8H2,1-2H3,(H,17,20)(H,18,19)/t9-/m1/s1. The van der Waals surface area contributed by atoms with Gasteiger partial charge in [0.15, 0.2) is 5.76 Å². The molecule has 2 aromatic rings. The van der Waals surface area contributed by atoms with E-state index in [9.17, 15) is 9.59 Å². The smallest absolute Gasteiger partial charge is 0.291 e. The Kier molecular flexibility index (Phi) is 4.02. The van der Waals surface area contributed by atoms with Crippen molar-refractivity contribution in [3.63, 3.8) is 0 Å². The summed E-state index contributed by atoms with van der Waals surface area (Å²) in [7, 11) is 1.61. The molecule has 1 aliphatic carbocycles. The van der Waals surface area contributed by atoms with E-state index in [4.69, 9.17) is 4.42 Å². The molecule has 2 amide bonds. The van der Waals surface area contributed by atoms with Crippen LogP contribution < -0.4 is 10.6 Å². The Labute approximate surface area is 132 Å². The molecule has 22 heavy (non-hydrogen) atoms. The van der Waals surface area contributed by atoms with Crippen molar-refractivity contribution < 1.29 is 14.0 Å². The monoisotopic (exact) mass is 318 g/mol. The van der Waals surface area contributed by atoms with Crippen LogP contribution in [0.1, 0.15) is 44.7 Å². The Morgan fingerprint density at radius 3 is 2.86 bits per heavy atom. The van der Waals surface area contributed by atoms with Crippen molar-refractivity contribution in [3.8, 4) is 0 Å². The number of hydrogen-bond donors (Lipinski definition) is 2. The lowest BCUT2D eigenvalue weighted by molar-refractivity contribution is 0.0963. The molecule has 1 aliphatic rings. The van der Waals surface area contributed by atoms with Gasteiger partial charge < -0.3 is 15.1 Å². The van der Waals surface area contributed by atoms with Gasteiger partial charge in [-0.15, -0.1) is 11.3 Å². The van der Waals surface area contributed by atoms with Gasteiger partial charge in [0.2, 0.25) is 0 Å². The van der Waals surface area contributed by atoms with Gasteiger partial charge in [0, 0.05) is 11.9 Å². The third-order valence-corrected chi connectivity index (χ3v) is 5.11. The number of fused-ring (bicyclic) bond motifs is 1. The first-order valence-corrected chi connectivity index (χ1v) is 8.13. The van der Waals surface area contributed by atoms with Gasteiger partial charge in [0.25, 0.3) is 11.8 Å². The highest BCUT2D eigenvalue weighted by atomic mass is 32.1. The van der Waals surface area contributed by atoms with Gasteiger partial charge in [-0.05, 0) is 42.9 Å². The number of amides is 2. The minimum atomic E-state index is -0.332. The molecule has 6 heteroatoms. The van der Waals surface area contributed by atoms with Gasteiger partial charge >= 0.3 is 0 Å². The van der Waals surface area contributed by atoms with Crippen LogP contribution in [0.2, 0.25) is 0 Å². The van der Waals surface area contributed by atoms with Crippen LogP contribution in [0.4, 0.5) is 5.00 Å². The maximum atomic E-state index is 12.2. The zero-order valence-corrected chi connectivity index (χ0v) is 13.4. The summed E-state index contributed by atoms with van der Waals surface area (Å²) in [6, 6.07) is 3.26. The van der Waals surface area contributed by atoms with Crippen LogP contribution in [-0.4, -0.2) is 18.9 Å². The summed E-state index contributed by atoms with van der Waals surface area (Å²) in [5.74, 6) is 0.364. The summed E-state index contributed by atoms with van der Waals surface area (Å²) in [4.78, 5) is 25.6. The number of rotatable bonds is 3. The van der Waals surface area contributed by atoms with Crippen molar-refractivity contribution in [2.24, 2.45) is 5.92 Å². The first kappa shape index (κ1) is 14.8. The van der Waals surface area contributed by atoms with Crippen LogP contribution in [0.15, 0.2) is 22.8 Å².